The molecule has 0 aromatic heterocycles. The monoisotopic (exact) mass is 275 g/mol. The number of para-hydroxylation sites is 1. The summed E-state index contributed by atoms with van der Waals surface area (Å²) in [6.45, 7) is 4.28. The highest BCUT2D eigenvalue weighted by molar-refractivity contribution is 5.39. The number of rotatable bonds is 4. The van der Waals surface area contributed by atoms with E-state index in [1.165, 1.54) is 12.8 Å². The maximum atomic E-state index is 11.0. The molecule has 108 valence electrons. The quantitative estimate of drug-likeness (QED) is 0.672. The van der Waals surface area contributed by atoms with Crippen LogP contribution in [-0.4, -0.2) is 42.0 Å². The second kappa shape index (κ2) is 5.89. The van der Waals surface area contributed by atoms with E-state index in [0.29, 0.717) is 6.04 Å². The Morgan fingerprint density at radius 3 is 3.00 bits per heavy atom. The molecule has 1 N–H and O–H groups in total. The van der Waals surface area contributed by atoms with Gasteiger partial charge in [-0.2, -0.15) is 0 Å². The Labute approximate surface area is 119 Å². The standard InChI is InChI=1S/C15H21N3O2/c19-18(20)15-6-2-1-4-12(15)7-9-17-10-13-5-3-8-16-14(13)11-17/h1-2,4,6,13-14,16H,3,5,7-11H2. The number of piperidine rings is 1. The average Bonchev–Trinajstić information content (AvgIpc) is 2.88. The fourth-order valence-corrected chi connectivity index (χ4v) is 3.50. The van der Waals surface area contributed by atoms with Crippen molar-refractivity contribution < 1.29 is 4.92 Å². The van der Waals surface area contributed by atoms with Gasteiger partial charge in [-0.1, -0.05) is 18.2 Å². The SMILES string of the molecule is O=[N+]([O-])c1ccccc1CCN1CC2CCCNC2C1. The second-order valence-electron chi connectivity index (χ2n) is 5.86. The van der Waals surface area contributed by atoms with Gasteiger partial charge in [0.1, 0.15) is 0 Å². The fraction of sp³-hybridized carbons (Fsp3) is 0.600. The van der Waals surface area contributed by atoms with Crippen LogP contribution in [0.2, 0.25) is 0 Å². The van der Waals surface area contributed by atoms with Crippen molar-refractivity contribution in [1.29, 1.82) is 0 Å². The van der Waals surface area contributed by atoms with Crippen molar-refractivity contribution in [3.05, 3.63) is 39.9 Å². The lowest BCUT2D eigenvalue weighted by molar-refractivity contribution is -0.385. The molecule has 0 spiro atoms. The van der Waals surface area contributed by atoms with E-state index in [9.17, 15) is 10.1 Å². The maximum Gasteiger partial charge on any atom is 0.272 e. The highest BCUT2D eigenvalue weighted by atomic mass is 16.6. The van der Waals surface area contributed by atoms with E-state index in [4.69, 9.17) is 0 Å². The topological polar surface area (TPSA) is 58.4 Å². The molecule has 0 amide bonds. The molecule has 2 aliphatic rings. The highest BCUT2D eigenvalue weighted by Crippen LogP contribution is 2.25. The van der Waals surface area contributed by atoms with Gasteiger partial charge in [0.2, 0.25) is 0 Å². The van der Waals surface area contributed by atoms with Crippen LogP contribution >= 0.6 is 0 Å². The lowest BCUT2D eigenvalue weighted by Crippen LogP contribution is -2.40. The first-order valence-corrected chi connectivity index (χ1v) is 7.42. The van der Waals surface area contributed by atoms with Gasteiger partial charge < -0.3 is 10.2 Å². The molecule has 0 radical (unpaired) electrons. The lowest BCUT2D eigenvalue weighted by atomic mass is 9.94. The van der Waals surface area contributed by atoms with Crippen LogP contribution in [-0.2, 0) is 6.42 Å². The van der Waals surface area contributed by atoms with Gasteiger partial charge in [0.15, 0.2) is 0 Å². The molecule has 0 aliphatic carbocycles. The van der Waals surface area contributed by atoms with Crippen LogP contribution in [0.25, 0.3) is 0 Å². The number of fused-ring (bicyclic) bond motifs is 1. The summed E-state index contributed by atoms with van der Waals surface area (Å²) in [5.41, 5.74) is 1.10. The first-order valence-electron chi connectivity index (χ1n) is 7.42. The summed E-state index contributed by atoms with van der Waals surface area (Å²) in [6, 6.07) is 7.72. The molecule has 5 heteroatoms. The fourth-order valence-electron chi connectivity index (χ4n) is 3.50. The van der Waals surface area contributed by atoms with E-state index < -0.39 is 0 Å². The number of likely N-dealkylation sites (tertiary alicyclic amines) is 1. The van der Waals surface area contributed by atoms with Crippen LogP contribution in [0.15, 0.2) is 24.3 Å². The number of nitrogens with zero attached hydrogens (tertiary/aromatic N) is 2. The van der Waals surface area contributed by atoms with Crippen molar-refractivity contribution in [2.45, 2.75) is 25.3 Å². The van der Waals surface area contributed by atoms with Gasteiger partial charge in [-0.05, 0) is 31.7 Å². The Balaban J connectivity index is 1.59. The normalized spacial score (nSPS) is 26.4. The largest absolute Gasteiger partial charge is 0.312 e. The van der Waals surface area contributed by atoms with Gasteiger partial charge in [-0.15, -0.1) is 0 Å². The van der Waals surface area contributed by atoms with Crippen LogP contribution in [0.4, 0.5) is 5.69 Å². The van der Waals surface area contributed by atoms with Crippen molar-refractivity contribution >= 4 is 5.69 Å². The molecule has 1 aromatic carbocycles. The van der Waals surface area contributed by atoms with Gasteiger partial charge >= 0.3 is 0 Å². The summed E-state index contributed by atoms with van der Waals surface area (Å²) < 4.78 is 0. The summed E-state index contributed by atoms with van der Waals surface area (Å²) >= 11 is 0. The molecular formula is C15H21N3O2. The molecule has 0 saturated carbocycles. The van der Waals surface area contributed by atoms with Crippen LogP contribution in [0.3, 0.4) is 0 Å². The Kier molecular flexibility index (Phi) is 3.98. The predicted molar refractivity (Wildman–Crippen MR) is 77.8 cm³/mol. The number of nitrogens with one attached hydrogen (secondary N) is 1. The molecule has 5 nitrogen and oxygen atoms in total. The van der Waals surface area contributed by atoms with Crippen molar-refractivity contribution in [2.24, 2.45) is 5.92 Å². The average molecular weight is 275 g/mol. The highest BCUT2D eigenvalue weighted by Gasteiger charge is 2.33. The summed E-state index contributed by atoms with van der Waals surface area (Å²) in [7, 11) is 0. The van der Waals surface area contributed by atoms with Crippen LogP contribution < -0.4 is 5.32 Å². The first-order chi connectivity index (χ1) is 9.74. The number of hydrogen-bond acceptors (Lipinski definition) is 4. The number of benzene rings is 1. The van der Waals surface area contributed by atoms with E-state index in [1.54, 1.807) is 12.1 Å². The third-order valence-electron chi connectivity index (χ3n) is 4.56. The molecule has 2 fully saturated rings. The van der Waals surface area contributed by atoms with E-state index in [1.807, 2.05) is 12.1 Å². The zero-order chi connectivity index (χ0) is 13.9. The summed E-state index contributed by atoms with van der Waals surface area (Å²) in [5, 5.41) is 14.6. The third-order valence-corrected chi connectivity index (χ3v) is 4.56. The Morgan fingerprint density at radius 2 is 2.20 bits per heavy atom. The van der Waals surface area contributed by atoms with E-state index in [0.717, 1.165) is 44.1 Å². The van der Waals surface area contributed by atoms with Crippen LogP contribution in [0, 0.1) is 16.0 Å². The summed E-state index contributed by atoms with van der Waals surface area (Å²) in [5.74, 6) is 0.773. The smallest absolute Gasteiger partial charge is 0.272 e. The minimum absolute atomic E-state index is 0.252. The molecule has 2 unspecified atom stereocenters. The van der Waals surface area contributed by atoms with Crippen molar-refractivity contribution in [3.8, 4) is 0 Å². The molecule has 0 bridgehead atoms. The molecule has 2 aliphatic heterocycles. The number of hydrogen-bond donors (Lipinski definition) is 1. The summed E-state index contributed by atoms with van der Waals surface area (Å²) in [6.07, 6.45) is 3.36. The number of nitro groups is 1. The first kappa shape index (κ1) is 13.5. The van der Waals surface area contributed by atoms with Gasteiger partial charge in [0.25, 0.3) is 5.69 Å². The molecule has 2 atom stereocenters. The zero-order valence-electron chi connectivity index (χ0n) is 11.6. The van der Waals surface area contributed by atoms with Crippen molar-refractivity contribution in [1.82, 2.24) is 10.2 Å². The zero-order valence-corrected chi connectivity index (χ0v) is 11.6. The second-order valence-corrected chi connectivity index (χ2v) is 5.86. The van der Waals surface area contributed by atoms with Crippen molar-refractivity contribution in [3.63, 3.8) is 0 Å². The van der Waals surface area contributed by atoms with Gasteiger partial charge in [-0.25, -0.2) is 0 Å². The minimum Gasteiger partial charge on any atom is -0.312 e. The maximum absolute atomic E-state index is 11.0. The Morgan fingerprint density at radius 1 is 1.35 bits per heavy atom. The van der Waals surface area contributed by atoms with E-state index >= 15 is 0 Å². The molecule has 2 heterocycles. The van der Waals surface area contributed by atoms with Crippen LogP contribution in [0.5, 0.6) is 0 Å². The van der Waals surface area contributed by atoms with Gasteiger partial charge in [0.05, 0.1) is 4.92 Å². The Hall–Kier alpha value is -1.46. The number of nitro benzene ring substituents is 1. The van der Waals surface area contributed by atoms with Gasteiger partial charge in [-0.3, -0.25) is 10.1 Å². The van der Waals surface area contributed by atoms with Gasteiger partial charge in [0, 0.05) is 37.3 Å². The minimum atomic E-state index is -0.277. The molecule has 2 saturated heterocycles. The summed E-state index contributed by atoms with van der Waals surface area (Å²) in [4.78, 5) is 13.2. The predicted octanol–water partition coefficient (Wildman–Crippen LogP) is 1.82. The lowest BCUT2D eigenvalue weighted by Gasteiger charge is -2.24. The molecule has 20 heavy (non-hydrogen) atoms. The molecule has 3 rings (SSSR count). The van der Waals surface area contributed by atoms with E-state index in [2.05, 4.69) is 10.2 Å². The van der Waals surface area contributed by atoms with Crippen LogP contribution in [0.1, 0.15) is 18.4 Å². The third kappa shape index (κ3) is 2.83. The molecular weight excluding hydrogens is 254 g/mol. The molecule has 1 aromatic rings. The van der Waals surface area contributed by atoms with E-state index in [-0.39, 0.29) is 10.6 Å². The van der Waals surface area contributed by atoms with Crippen molar-refractivity contribution in [2.75, 3.05) is 26.2 Å². The Bertz CT molecular complexity index is 478.